The van der Waals surface area contributed by atoms with Gasteiger partial charge in [-0.15, -0.1) is 11.3 Å². The molecule has 3 aromatic rings. The number of amides is 1. The molecule has 1 aliphatic carbocycles. The van der Waals surface area contributed by atoms with Gasteiger partial charge in [0.2, 0.25) is 0 Å². The lowest BCUT2D eigenvalue weighted by atomic mass is 9.88. The van der Waals surface area contributed by atoms with Gasteiger partial charge in [-0.05, 0) is 66.6 Å². The Hall–Kier alpha value is -2.90. The monoisotopic (exact) mass is 414 g/mol. The number of rotatable bonds is 5. The summed E-state index contributed by atoms with van der Waals surface area (Å²) >= 11 is 1.65. The summed E-state index contributed by atoms with van der Waals surface area (Å²) in [5.74, 6) is 0.634. The van der Waals surface area contributed by atoms with E-state index in [0.29, 0.717) is 11.5 Å². The van der Waals surface area contributed by atoms with Gasteiger partial charge in [0.25, 0.3) is 5.91 Å². The Balaban J connectivity index is 1.41. The minimum Gasteiger partial charge on any atom is -0.345 e. The summed E-state index contributed by atoms with van der Waals surface area (Å²) in [6, 6.07) is 22.0. The molecule has 1 atom stereocenters. The van der Waals surface area contributed by atoms with Crippen molar-refractivity contribution in [2.75, 3.05) is 0 Å². The van der Waals surface area contributed by atoms with Crippen LogP contribution in [0.3, 0.4) is 0 Å². The molecule has 1 heterocycles. The van der Waals surface area contributed by atoms with Crippen molar-refractivity contribution >= 4 is 17.2 Å². The van der Waals surface area contributed by atoms with E-state index in [2.05, 4.69) is 17.5 Å². The highest BCUT2D eigenvalue weighted by Crippen LogP contribution is 2.36. The summed E-state index contributed by atoms with van der Waals surface area (Å²) in [6.45, 7) is 2.01. The highest BCUT2D eigenvalue weighted by atomic mass is 32.1. The maximum Gasteiger partial charge on any atom is 0.261 e. The van der Waals surface area contributed by atoms with Crippen molar-refractivity contribution in [3.05, 3.63) is 81.5 Å². The standard InChI is InChI=1S/C26H26N2OS/c1-18(20-10-12-21(13-11-20)23-9-5-6-19(16-23)17-27)28-26(29)25-15-14-24(30-25)22-7-3-2-4-8-22/h5-6,9-16,18,22H,2-4,7-8H2,1H3,(H,28,29). The Kier molecular flexibility index (Phi) is 6.30. The van der Waals surface area contributed by atoms with Gasteiger partial charge in [-0.1, -0.05) is 55.7 Å². The van der Waals surface area contributed by atoms with Crippen LogP contribution in [0.5, 0.6) is 0 Å². The molecule has 2 aromatic carbocycles. The minimum atomic E-state index is -0.0720. The van der Waals surface area contributed by atoms with Crippen LogP contribution >= 0.6 is 11.3 Å². The SMILES string of the molecule is CC(NC(=O)c1ccc(C2CCCCC2)s1)c1ccc(-c2cccc(C#N)c2)cc1. The molecule has 152 valence electrons. The zero-order valence-electron chi connectivity index (χ0n) is 17.2. The largest absolute Gasteiger partial charge is 0.345 e. The van der Waals surface area contributed by atoms with Crippen molar-refractivity contribution in [3.63, 3.8) is 0 Å². The van der Waals surface area contributed by atoms with Crippen LogP contribution in [0.15, 0.2) is 60.7 Å². The fraction of sp³-hybridized carbons (Fsp3) is 0.308. The van der Waals surface area contributed by atoms with Gasteiger partial charge in [-0.25, -0.2) is 0 Å². The Morgan fingerprint density at radius 2 is 1.80 bits per heavy atom. The van der Waals surface area contributed by atoms with Gasteiger partial charge in [0.15, 0.2) is 0 Å². The fourth-order valence-electron chi connectivity index (χ4n) is 4.17. The molecule has 1 amide bonds. The van der Waals surface area contributed by atoms with Crippen LogP contribution in [0.4, 0.5) is 0 Å². The number of nitrogens with zero attached hydrogens (tertiary/aromatic N) is 1. The summed E-state index contributed by atoms with van der Waals surface area (Å²) in [4.78, 5) is 14.9. The van der Waals surface area contributed by atoms with E-state index in [9.17, 15) is 4.79 Å². The first-order valence-corrected chi connectivity index (χ1v) is 11.5. The molecular formula is C26H26N2OS. The van der Waals surface area contributed by atoms with Crippen LogP contribution in [-0.4, -0.2) is 5.91 Å². The lowest BCUT2D eigenvalue weighted by Crippen LogP contribution is -2.25. The zero-order chi connectivity index (χ0) is 20.9. The molecule has 3 nitrogen and oxygen atoms in total. The smallest absolute Gasteiger partial charge is 0.261 e. The Labute approximate surface area is 182 Å². The number of carbonyl (C=O) groups is 1. The molecule has 1 unspecified atom stereocenters. The molecule has 1 fully saturated rings. The molecule has 0 aliphatic heterocycles. The Morgan fingerprint density at radius 3 is 2.53 bits per heavy atom. The maximum atomic E-state index is 12.8. The van der Waals surface area contributed by atoms with Gasteiger partial charge in [0.1, 0.15) is 0 Å². The van der Waals surface area contributed by atoms with Gasteiger partial charge in [0, 0.05) is 4.88 Å². The van der Waals surface area contributed by atoms with E-state index in [0.717, 1.165) is 21.6 Å². The molecule has 1 aromatic heterocycles. The molecule has 0 radical (unpaired) electrons. The normalized spacial score (nSPS) is 15.3. The molecule has 1 aliphatic rings. The summed E-state index contributed by atoms with van der Waals surface area (Å²) in [6.07, 6.45) is 6.45. The van der Waals surface area contributed by atoms with E-state index in [1.807, 2.05) is 55.5 Å². The van der Waals surface area contributed by atoms with Gasteiger partial charge in [-0.2, -0.15) is 5.26 Å². The topological polar surface area (TPSA) is 52.9 Å². The number of hydrogen-bond acceptors (Lipinski definition) is 3. The predicted octanol–water partition coefficient (Wildman–Crippen LogP) is 6.83. The highest BCUT2D eigenvalue weighted by molar-refractivity contribution is 7.14. The third-order valence-corrected chi connectivity index (χ3v) is 7.19. The molecule has 30 heavy (non-hydrogen) atoms. The third-order valence-electron chi connectivity index (χ3n) is 5.94. The Morgan fingerprint density at radius 1 is 1.03 bits per heavy atom. The number of carbonyl (C=O) groups excluding carboxylic acids is 1. The highest BCUT2D eigenvalue weighted by Gasteiger charge is 2.20. The lowest BCUT2D eigenvalue weighted by Gasteiger charge is -2.20. The number of nitrogens with one attached hydrogen (secondary N) is 1. The number of nitriles is 1. The molecule has 4 heteroatoms. The summed E-state index contributed by atoms with van der Waals surface area (Å²) in [5.41, 5.74) is 3.80. The second kappa shape index (κ2) is 9.28. The molecule has 1 saturated carbocycles. The van der Waals surface area contributed by atoms with Gasteiger partial charge < -0.3 is 5.32 Å². The maximum absolute atomic E-state index is 12.8. The van der Waals surface area contributed by atoms with E-state index >= 15 is 0 Å². The molecule has 1 N–H and O–H groups in total. The van der Waals surface area contributed by atoms with Crippen LogP contribution in [0.2, 0.25) is 0 Å². The van der Waals surface area contributed by atoms with E-state index in [4.69, 9.17) is 5.26 Å². The zero-order valence-corrected chi connectivity index (χ0v) is 18.0. The second-order valence-corrected chi connectivity index (χ2v) is 9.16. The first-order valence-electron chi connectivity index (χ1n) is 10.6. The minimum absolute atomic E-state index is 0.000331. The summed E-state index contributed by atoms with van der Waals surface area (Å²) in [7, 11) is 0. The quantitative estimate of drug-likeness (QED) is 0.498. The van der Waals surface area contributed by atoms with Crippen LogP contribution in [0, 0.1) is 11.3 Å². The van der Waals surface area contributed by atoms with Crippen molar-refractivity contribution in [1.29, 1.82) is 5.26 Å². The van der Waals surface area contributed by atoms with Crippen LogP contribution in [0.25, 0.3) is 11.1 Å². The van der Waals surface area contributed by atoms with Crippen molar-refractivity contribution in [2.45, 2.75) is 51.0 Å². The van der Waals surface area contributed by atoms with Crippen molar-refractivity contribution in [3.8, 4) is 17.2 Å². The van der Waals surface area contributed by atoms with E-state index in [1.165, 1.54) is 37.0 Å². The molecule has 0 spiro atoms. The molecule has 0 saturated heterocycles. The van der Waals surface area contributed by atoms with Crippen molar-refractivity contribution in [2.24, 2.45) is 0 Å². The lowest BCUT2D eigenvalue weighted by molar-refractivity contribution is 0.0944. The average Bonchev–Trinajstić information content (AvgIpc) is 3.30. The average molecular weight is 415 g/mol. The summed E-state index contributed by atoms with van der Waals surface area (Å²) in [5, 5.41) is 12.2. The van der Waals surface area contributed by atoms with Crippen LogP contribution < -0.4 is 5.32 Å². The predicted molar refractivity (Wildman–Crippen MR) is 123 cm³/mol. The molecule has 4 rings (SSSR count). The number of thiophene rings is 1. The van der Waals surface area contributed by atoms with Gasteiger partial charge >= 0.3 is 0 Å². The number of hydrogen-bond donors (Lipinski definition) is 1. The molecule has 0 bridgehead atoms. The first kappa shape index (κ1) is 20.4. The third kappa shape index (κ3) is 4.63. The van der Waals surface area contributed by atoms with Gasteiger partial charge in [-0.3, -0.25) is 4.79 Å². The first-order chi connectivity index (χ1) is 14.6. The summed E-state index contributed by atoms with van der Waals surface area (Å²) < 4.78 is 0. The second-order valence-electron chi connectivity index (χ2n) is 8.05. The number of benzene rings is 2. The van der Waals surface area contributed by atoms with Crippen molar-refractivity contribution < 1.29 is 4.79 Å². The fourth-order valence-corrected chi connectivity index (χ4v) is 5.25. The molecular weight excluding hydrogens is 388 g/mol. The Bertz CT molecular complexity index is 1060. The van der Waals surface area contributed by atoms with E-state index in [1.54, 1.807) is 17.4 Å². The van der Waals surface area contributed by atoms with E-state index < -0.39 is 0 Å². The van der Waals surface area contributed by atoms with Crippen LogP contribution in [0.1, 0.15) is 76.7 Å². The van der Waals surface area contributed by atoms with E-state index in [-0.39, 0.29) is 11.9 Å². The van der Waals surface area contributed by atoms with Gasteiger partial charge in [0.05, 0.1) is 22.6 Å². The van der Waals surface area contributed by atoms with Crippen molar-refractivity contribution in [1.82, 2.24) is 5.32 Å². The van der Waals surface area contributed by atoms with Crippen LogP contribution in [-0.2, 0) is 0 Å².